The molecule has 0 aliphatic heterocycles. The van der Waals surface area contributed by atoms with E-state index in [9.17, 15) is 13.5 Å². The van der Waals surface area contributed by atoms with Crippen LogP contribution < -0.4 is 0 Å². The molecule has 0 amide bonds. The molecule has 6 heteroatoms. The minimum absolute atomic E-state index is 0.115. The molecule has 2 rings (SSSR count). The van der Waals surface area contributed by atoms with Gasteiger partial charge in [0.05, 0.1) is 22.0 Å². The molecule has 0 heterocycles. The molecule has 27 heavy (non-hydrogen) atoms. The molecule has 1 N–H and O–H groups in total. The summed E-state index contributed by atoms with van der Waals surface area (Å²) in [6.45, 7) is 10.3. The topological polar surface area (TPSA) is 63.6 Å². The fraction of sp³-hybridized carbons (Fsp3) is 0.619. The summed E-state index contributed by atoms with van der Waals surface area (Å²) in [6.07, 6.45) is 1.43. The van der Waals surface area contributed by atoms with Crippen molar-refractivity contribution in [2.45, 2.75) is 76.3 Å². The number of benzene rings is 1. The lowest BCUT2D eigenvalue weighted by Crippen LogP contribution is -2.44. The first-order chi connectivity index (χ1) is 12.7. The van der Waals surface area contributed by atoms with Crippen LogP contribution in [-0.2, 0) is 14.3 Å². The number of hydrogen-bond acceptors (Lipinski definition) is 4. The van der Waals surface area contributed by atoms with Gasteiger partial charge in [-0.05, 0) is 36.7 Å². The smallest absolute Gasteiger partial charge is 0.202 e. The largest absolute Gasteiger partial charge is 0.413 e. The molecule has 0 radical (unpaired) electrons. The molecule has 1 aliphatic carbocycles. The van der Waals surface area contributed by atoms with E-state index in [0.29, 0.717) is 11.3 Å². The number of sulfone groups is 1. The predicted octanol–water partition coefficient (Wildman–Crippen LogP) is 4.77. The Labute approximate surface area is 165 Å². The first-order valence-electron chi connectivity index (χ1n) is 10.1. The van der Waals surface area contributed by atoms with E-state index in [1.54, 1.807) is 43.3 Å². The monoisotopic (exact) mass is 410 g/mol. The van der Waals surface area contributed by atoms with Gasteiger partial charge in [-0.25, -0.2) is 8.42 Å². The van der Waals surface area contributed by atoms with E-state index in [0.717, 1.165) is 18.1 Å². The van der Waals surface area contributed by atoms with Crippen LogP contribution in [0.15, 0.2) is 46.2 Å². The van der Waals surface area contributed by atoms with Crippen LogP contribution in [0, 0.1) is 11.8 Å². The molecule has 0 bridgehead atoms. The Balaban J connectivity index is 2.39. The normalized spacial score (nSPS) is 27.1. The van der Waals surface area contributed by atoms with Crippen molar-refractivity contribution < 1.29 is 18.0 Å². The third-order valence-electron chi connectivity index (χ3n) is 6.34. The lowest BCUT2D eigenvalue weighted by molar-refractivity contribution is 0.0159. The van der Waals surface area contributed by atoms with E-state index in [1.807, 2.05) is 6.92 Å². The molecular formula is C21H34O4SSi. The van der Waals surface area contributed by atoms with E-state index in [4.69, 9.17) is 4.43 Å². The highest BCUT2D eigenvalue weighted by molar-refractivity contribution is 7.95. The van der Waals surface area contributed by atoms with Gasteiger partial charge in [0.1, 0.15) is 0 Å². The zero-order valence-electron chi connectivity index (χ0n) is 17.2. The molecule has 0 fully saturated rings. The Morgan fingerprint density at radius 1 is 1.07 bits per heavy atom. The average Bonchev–Trinajstić information content (AvgIpc) is 2.79. The summed E-state index contributed by atoms with van der Waals surface area (Å²) in [5, 5.41) is 10.9. The van der Waals surface area contributed by atoms with Crippen molar-refractivity contribution in [3.05, 3.63) is 41.3 Å². The average molecular weight is 411 g/mol. The van der Waals surface area contributed by atoms with Crippen LogP contribution >= 0.6 is 0 Å². The molecule has 0 unspecified atom stereocenters. The Bertz CT molecular complexity index is 732. The third kappa shape index (κ3) is 4.55. The molecule has 1 aliphatic rings. The van der Waals surface area contributed by atoms with Crippen molar-refractivity contribution in [1.82, 2.24) is 0 Å². The first kappa shape index (κ1) is 22.3. The summed E-state index contributed by atoms with van der Waals surface area (Å²) in [5.74, 6) is -0.573. The molecular weight excluding hydrogens is 376 g/mol. The summed E-state index contributed by atoms with van der Waals surface area (Å²) in [4.78, 5) is 0.595. The van der Waals surface area contributed by atoms with Gasteiger partial charge in [0.2, 0.25) is 9.84 Å². The molecule has 0 saturated heterocycles. The molecule has 4 nitrogen and oxygen atoms in total. The maximum atomic E-state index is 13.2. The van der Waals surface area contributed by atoms with E-state index in [-0.39, 0.29) is 16.9 Å². The molecule has 4 atom stereocenters. The lowest BCUT2D eigenvalue weighted by Gasteiger charge is -2.37. The first-order valence-corrected chi connectivity index (χ1v) is 14.1. The number of hydrogen-bond donors (Lipinski definition) is 1. The fourth-order valence-electron chi connectivity index (χ4n) is 4.04. The van der Waals surface area contributed by atoms with E-state index in [2.05, 4.69) is 20.8 Å². The Morgan fingerprint density at radius 2 is 1.63 bits per heavy atom. The summed E-state index contributed by atoms with van der Waals surface area (Å²) < 4.78 is 32.9. The lowest BCUT2D eigenvalue weighted by atomic mass is 9.91. The maximum Gasteiger partial charge on any atom is 0.202 e. The number of aliphatic hydroxyl groups excluding tert-OH is 1. The van der Waals surface area contributed by atoms with Crippen molar-refractivity contribution in [2.75, 3.05) is 0 Å². The SMILES string of the molecule is CC[Si](CC)(CC)O[C@@H]1CC=C(S(=O)(=O)c2ccccc2)[C@@H](C)[C@H](O)[C@H]1C. The highest BCUT2D eigenvalue weighted by Crippen LogP contribution is 2.37. The second-order valence-corrected chi connectivity index (χ2v) is 14.4. The van der Waals surface area contributed by atoms with Gasteiger partial charge in [0.25, 0.3) is 0 Å². The molecule has 0 aromatic heterocycles. The standard InChI is InChI=1S/C21H34O4SSi/c1-6-27(7-2,8-3)25-19-14-15-20(17(5)21(22)16(19)4)26(23,24)18-12-10-9-11-13-18/h9-13,15-17,19,21-22H,6-8,14H2,1-5H3/t16-,17+,19+,21+/m0/s1. The maximum absolute atomic E-state index is 13.2. The van der Waals surface area contributed by atoms with Crippen LogP contribution in [-0.4, -0.2) is 34.0 Å². The van der Waals surface area contributed by atoms with Crippen molar-refractivity contribution in [3.8, 4) is 0 Å². The highest BCUT2D eigenvalue weighted by atomic mass is 32.2. The van der Waals surface area contributed by atoms with Gasteiger partial charge in [-0.1, -0.05) is 58.9 Å². The fourth-order valence-corrected chi connectivity index (χ4v) is 8.73. The van der Waals surface area contributed by atoms with Gasteiger partial charge in [0.15, 0.2) is 8.32 Å². The van der Waals surface area contributed by atoms with E-state index < -0.39 is 30.2 Å². The van der Waals surface area contributed by atoms with Crippen molar-refractivity contribution >= 4 is 18.2 Å². The van der Waals surface area contributed by atoms with Crippen LogP contribution in [0.5, 0.6) is 0 Å². The summed E-state index contributed by atoms with van der Waals surface area (Å²) >= 11 is 0. The zero-order chi connectivity index (χ0) is 20.2. The van der Waals surface area contributed by atoms with Gasteiger partial charge in [-0.2, -0.15) is 0 Å². The van der Waals surface area contributed by atoms with Crippen LogP contribution in [0.25, 0.3) is 0 Å². The minimum Gasteiger partial charge on any atom is -0.413 e. The summed E-state index contributed by atoms with van der Waals surface area (Å²) in [7, 11) is -5.46. The quantitative estimate of drug-likeness (QED) is 0.658. The minimum atomic E-state index is -3.62. The molecule has 152 valence electrons. The van der Waals surface area contributed by atoms with E-state index >= 15 is 0 Å². The van der Waals surface area contributed by atoms with Crippen molar-refractivity contribution in [1.29, 1.82) is 0 Å². The van der Waals surface area contributed by atoms with Crippen LogP contribution in [0.3, 0.4) is 0 Å². The zero-order valence-corrected chi connectivity index (χ0v) is 19.0. The van der Waals surface area contributed by atoms with Gasteiger partial charge in [0, 0.05) is 11.8 Å². The molecule has 0 spiro atoms. The number of rotatable bonds is 7. The number of aliphatic hydroxyl groups is 1. The molecule has 1 aromatic rings. The Morgan fingerprint density at radius 3 is 2.15 bits per heavy atom. The van der Waals surface area contributed by atoms with Gasteiger partial charge < -0.3 is 9.53 Å². The highest BCUT2D eigenvalue weighted by Gasteiger charge is 2.41. The molecule has 1 aromatic carbocycles. The van der Waals surface area contributed by atoms with Gasteiger partial charge >= 0.3 is 0 Å². The summed E-state index contributed by atoms with van der Waals surface area (Å²) in [6, 6.07) is 11.6. The second kappa shape index (κ2) is 9.03. The van der Waals surface area contributed by atoms with Crippen LogP contribution in [0.4, 0.5) is 0 Å². The van der Waals surface area contributed by atoms with Crippen LogP contribution in [0.2, 0.25) is 18.1 Å². The van der Waals surface area contributed by atoms with Crippen molar-refractivity contribution in [3.63, 3.8) is 0 Å². The van der Waals surface area contributed by atoms with Crippen molar-refractivity contribution in [2.24, 2.45) is 11.8 Å². The second-order valence-electron chi connectivity index (χ2n) is 7.70. The summed E-state index contributed by atoms with van der Waals surface area (Å²) in [5.41, 5.74) is 0. The third-order valence-corrected chi connectivity index (χ3v) is 13.1. The molecule has 0 saturated carbocycles. The van der Waals surface area contributed by atoms with E-state index in [1.165, 1.54) is 0 Å². The predicted molar refractivity (Wildman–Crippen MR) is 113 cm³/mol. The van der Waals surface area contributed by atoms with Crippen LogP contribution in [0.1, 0.15) is 41.0 Å². The Kier molecular flexibility index (Phi) is 7.47. The van der Waals surface area contributed by atoms with Gasteiger partial charge in [-0.15, -0.1) is 0 Å². The van der Waals surface area contributed by atoms with Gasteiger partial charge in [-0.3, -0.25) is 0 Å². The Hall–Kier alpha value is -0.953.